The zero-order chi connectivity index (χ0) is 13.5. The fourth-order valence-corrected chi connectivity index (χ4v) is 5.22. The first kappa shape index (κ1) is 13.3. The molecule has 0 amide bonds. The number of hydrogen-bond donors (Lipinski definition) is 1. The van der Waals surface area contributed by atoms with Crippen molar-refractivity contribution in [1.82, 2.24) is 0 Å². The lowest BCUT2D eigenvalue weighted by Gasteiger charge is -2.44. The van der Waals surface area contributed by atoms with Crippen molar-refractivity contribution in [3.05, 3.63) is 29.6 Å². The Bertz CT molecular complexity index is 465. The highest BCUT2D eigenvalue weighted by molar-refractivity contribution is 8.00. The molecular weight excluding hydrogens is 263 g/mol. The molecule has 0 spiro atoms. The molecule has 4 heteroatoms. The lowest BCUT2D eigenvalue weighted by atomic mass is 9.80. The van der Waals surface area contributed by atoms with Gasteiger partial charge in [-0.2, -0.15) is 11.8 Å². The third-order valence-corrected chi connectivity index (χ3v) is 5.82. The van der Waals surface area contributed by atoms with Crippen LogP contribution in [-0.2, 0) is 5.60 Å². The minimum absolute atomic E-state index is 0.326. The number of methoxy groups -OCH3 is 1. The van der Waals surface area contributed by atoms with Gasteiger partial charge in [-0.25, -0.2) is 4.39 Å². The molecule has 0 radical (unpaired) electrons. The second kappa shape index (κ2) is 4.98. The average Bonchev–Trinajstić information content (AvgIpc) is 2.38. The summed E-state index contributed by atoms with van der Waals surface area (Å²) in [6.45, 7) is 0. The van der Waals surface area contributed by atoms with Crippen LogP contribution < -0.4 is 4.74 Å². The summed E-state index contributed by atoms with van der Waals surface area (Å²) in [5.74, 6) is 0.279. The van der Waals surface area contributed by atoms with Gasteiger partial charge < -0.3 is 9.84 Å². The van der Waals surface area contributed by atoms with Gasteiger partial charge in [-0.1, -0.05) is 6.42 Å². The maximum absolute atomic E-state index is 14.1. The molecule has 1 aromatic rings. The molecule has 1 aromatic carbocycles. The molecule has 2 saturated heterocycles. The van der Waals surface area contributed by atoms with Crippen LogP contribution in [0.2, 0.25) is 0 Å². The van der Waals surface area contributed by atoms with Gasteiger partial charge >= 0.3 is 0 Å². The van der Waals surface area contributed by atoms with Gasteiger partial charge in [-0.05, 0) is 43.9 Å². The summed E-state index contributed by atoms with van der Waals surface area (Å²) in [6.07, 6.45) is 4.81. The van der Waals surface area contributed by atoms with E-state index in [1.807, 2.05) is 11.8 Å². The first-order valence-electron chi connectivity index (χ1n) is 6.82. The number of halogens is 1. The molecule has 2 aliphatic rings. The Morgan fingerprint density at radius 3 is 2.63 bits per heavy atom. The second-order valence-electron chi connectivity index (χ2n) is 5.60. The normalized spacial score (nSPS) is 34.1. The Kier molecular flexibility index (Phi) is 3.48. The number of thioether (sulfide) groups is 1. The van der Waals surface area contributed by atoms with E-state index < -0.39 is 5.60 Å². The molecule has 2 atom stereocenters. The van der Waals surface area contributed by atoms with Crippen molar-refractivity contribution in [2.75, 3.05) is 7.11 Å². The van der Waals surface area contributed by atoms with E-state index in [2.05, 4.69) is 0 Å². The van der Waals surface area contributed by atoms with Crippen molar-refractivity contribution in [2.45, 2.75) is 48.2 Å². The van der Waals surface area contributed by atoms with Gasteiger partial charge in [0.05, 0.1) is 12.7 Å². The third-order valence-electron chi connectivity index (χ3n) is 4.24. The monoisotopic (exact) mass is 282 g/mol. The lowest BCUT2D eigenvalue weighted by molar-refractivity contribution is 0.00474. The topological polar surface area (TPSA) is 29.5 Å². The highest BCUT2D eigenvalue weighted by Crippen LogP contribution is 2.50. The molecule has 0 saturated carbocycles. The molecule has 3 rings (SSSR count). The molecule has 2 heterocycles. The summed E-state index contributed by atoms with van der Waals surface area (Å²) < 4.78 is 19.2. The van der Waals surface area contributed by atoms with Gasteiger partial charge in [-0.3, -0.25) is 0 Å². The van der Waals surface area contributed by atoms with E-state index >= 15 is 0 Å². The number of ether oxygens (including phenoxy) is 1. The summed E-state index contributed by atoms with van der Waals surface area (Å²) in [6, 6.07) is 4.64. The number of hydrogen-bond acceptors (Lipinski definition) is 3. The molecule has 2 nitrogen and oxygen atoms in total. The van der Waals surface area contributed by atoms with Crippen LogP contribution >= 0.6 is 11.8 Å². The summed E-state index contributed by atoms with van der Waals surface area (Å²) in [5, 5.41) is 11.9. The third kappa shape index (κ3) is 2.48. The van der Waals surface area contributed by atoms with Crippen LogP contribution in [0, 0.1) is 5.82 Å². The molecule has 104 valence electrons. The zero-order valence-corrected chi connectivity index (χ0v) is 11.9. The van der Waals surface area contributed by atoms with Crippen LogP contribution in [0.25, 0.3) is 0 Å². The molecular formula is C15H19FO2S. The van der Waals surface area contributed by atoms with Gasteiger partial charge in [0.15, 0.2) is 0 Å². The van der Waals surface area contributed by atoms with E-state index in [9.17, 15) is 9.50 Å². The summed E-state index contributed by atoms with van der Waals surface area (Å²) >= 11 is 1.97. The quantitative estimate of drug-likeness (QED) is 0.900. The van der Waals surface area contributed by atoms with E-state index in [4.69, 9.17) is 4.74 Å². The molecule has 2 unspecified atom stereocenters. The largest absolute Gasteiger partial charge is 0.497 e. The lowest BCUT2D eigenvalue weighted by Crippen LogP contribution is -2.41. The Morgan fingerprint density at radius 1 is 1.32 bits per heavy atom. The summed E-state index contributed by atoms with van der Waals surface area (Å²) in [7, 11) is 1.56. The standard InChI is InChI=1S/C15H19FO2S/c1-18-10-5-6-14(16)13(7-10)15(17)8-11-3-2-4-12(9-15)19-11/h5-7,11-12,17H,2-4,8-9H2,1H3. The van der Waals surface area contributed by atoms with Gasteiger partial charge in [0.2, 0.25) is 0 Å². The van der Waals surface area contributed by atoms with Crippen molar-refractivity contribution >= 4 is 11.8 Å². The maximum atomic E-state index is 14.1. The molecule has 19 heavy (non-hydrogen) atoms. The Hall–Kier alpha value is -0.740. The first-order chi connectivity index (χ1) is 9.10. The van der Waals surface area contributed by atoms with Crippen molar-refractivity contribution in [3.8, 4) is 5.75 Å². The van der Waals surface area contributed by atoms with Crippen molar-refractivity contribution in [1.29, 1.82) is 0 Å². The minimum atomic E-state index is -1.03. The molecule has 2 fully saturated rings. The van der Waals surface area contributed by atoms with E-state index in [-0.39, 0.29) is 5.82 Å². The summed E-state index contributed by atoms with van der Waals surface area (Å²) in [5.41, 5.74) is -0.622. The highest BCUT2D eigenvalue weighted by Gasteiger charge is 2.43. The van der Waals surface area contributed by atoms with Crippen molar-refractivity contribution in [2.24, 2.45) is 0 Å². The minimum Gasteiger partial charge on any atom is -0.497 e. The van der Waals surface area contributed by atoms with E-state index in [0.717, 1.165) is 12.8 Å². The Labute approximate surface area is 117 Å². The fourth-order valence-electron chi connectivity index (χ4n) is 3.33. The van der Waals surface area contributed by atoms with Crippen molar-refractivity contribution in [3.63, 3.8) is 0 Å². The molecule has 0 aliphatic carbocycles. The summed E-state index contributed by atoms with van der Waals surface area (Å²) in [4.78, 5) is 0. The Balaban J connectivity index is 1.95. The van der Waals surface area contributed by atoms with Gasteiger partial charge in [0, 0.05) is 16.1 Å². The predicted octanol–water partition coefficient (Wildman–Crippen LogP) is 3.47. The van der Waals surface area contributed by atoms with Gasteiger partial charge in [0.1, 0.15) is 11.6 Å². The van der Waals surface area contributed by atoms with Crippen LogP contribution in [0.5, 0.6) is 5.75 Å². The number of rotatable bonds is 2. The first-order valence-corrected chi connectivity index (χ1v) is 7.77. The fraction of sp³-hybridized carbons (Fsp3) is 0.600. The maximum Gasteiger partial charge on any atom is 0.129 e. The molecule has 0 aromatic heterocycles. The predicted molar refractivity (Wildman–Crippen MR) is 75.1 cm³/mol. The molecule has 2 bridgehead atoms. The number of benzene rings is 1. The average molecular weight is 282 g/mol. The van der Waals surface area contributed by atoms with E-state index in [0.29, 0.717) is 34.7 Å². The highest BCUT2D eigenvalue weighted by atomic mass is 32.2. The van der Waals surface area contributed by atoms with Crippen LogP contribution in [0.4, 0.5) is 4.39 Å². The SMILES string of the molecule is COc1ccc(F)c(C2(O)CC3CCCC(C2)S3)c1. The number of aliphatic hydroxyl groups is 1. The van der Waals surface area contributed by atoms with Crippen molar-refractivity contribution < 1.29 is 14.2 Å². The van der Waals surface area contributed by atoms with Gasteiger partial charge in [-0.15, -0.1) is 0 Å². The zero-order valence-electron chi connectivity index (χ0n) is 11.1. The van der Waals surface area contributed by atoms with Gasteiger partial charge in [0.25, 0.3) is 0 Å². The van der Waals surface area contributed by atoms with Crippen LogP contribution in [0.3, 0.4) is 0 Å². The van der Waals surface area contributed by atoms with E-state index in [1.165, 1.54) is 12.5 Å². The Morgan fingerprint density at radius 2 is 2.00 bits per heavy atom. The molecule has 1 N–H and O–H groups in total. The van der Waals surface area contributed by atoms with E-state index in [1.54, 1.807) is 19.2 Å². The smallest absolute Gasteiger partial charge is 0.129 e. The second-order valence-corrected chi connectivity index (χ2v) is 7.20. The molecule has 2 aliphatic heterocycles. The van der Waals surface area contributed by atoms with Crippen LogP contribution in [0.1, 0.15) is 37.7 Å². The van der Waals surface area contributed by atoms with Crippen LogP contribution in [0.15, 0.2) is 18.2 Å². The van der Waals surface area contributed by atoms with Crippen LogP contribution in [-0.4, -0.2) is 22.7 Å². The number of fused-ring (bicyclic) bond motifs is 2.